The Hall–Kier alpha value is -3.66. The van der Waals surface area contributed by atoms with Crippen molar-refractivity contribution in [2.45, 2.75) is 25.8 Å². The van der Waals surface area contributed by atoms with Gasteiger partial charge in [-0.05, 0) is 37.6 Å². The van der Waals surface area contributed by atoms with Crippen LogP contribution in [0.5, 0.6) is 0 Å². The number of rotatable bonds is 7. The van der Waals surface area contributed by atoms with E-state index in [0.29, 0.717) is 41.7 Å². The molecule has 2 aromatic heterocycles. The summed E-state index contributed by atoms with van der Waals surface area (Å²) >= 11 is 5.96. The largest absolute Gasteiger partial charge is 0.352 e. The number of halogens is 1. The van der Waals surface area contributed by atoms with E-state index in [0.717, 1.165) is 5.69 Å². The Morgan fingerprint density at radius 1 is 1.23 bits per heavy atom. The van der Waals surface area contributed by atoms with Crippen molar-refractivity contribution in [2.24, 2.45) is 0 Å². The minimum absolute atomic E-state index is 0.00633. The first-order valence-corrected chi connectivity index (χ1v) is 10.1. The van der Waals surface area contributed by atoms with Crippen LogP contribution in [0.15, 0.2) is 36.5 Å². The maximum Gasteiger partial charge on any atom is 0.273 e. The molecule has 5 N–H and O–H groups in total. The van der Waals surface area contributed by atoms with Crippen LogP contribution in [0.1, 0.15) is 29.0 Å². The van der Waals surface area contributed by atoms with Crippen molar-refractivity contribution in [2.75, 3.05) is 17.2 Å². The Kier molecular flexibility index (Phi) is 5.99. The first-order chi connectivity index (χ1) is 15.0. The number of aromatic amines is 1. The molecule has 0 unspecified atom stereocenters. The number of carbonyl (C=O) groups excluding carboxylic acids is 2. The third kappa shape index (κ3) is 5.28. The van der Waals surface area contributed by atoms with E-state index in [-0.39, 0.29) is 23.5 Å². The zero-order valence-corrected chi connectivity index (χ0v) is 17.5. The lowest BCUT2D eigenvalue weighted by Gasteiger charge is -2.14. The fraction of sp³-hybridized carbons (Fsp3) is 0.250. The third-order valence-electron chi connectivity index (χ3n) is 4.65. The molecule has 1 saturated heterocycles. The van der Waals surface area contributed by atoms with Crippen molar-refractivity contribution in [1.82, 2.24) is 30.8 Å². The van der Waals surface area contributed by atoms with Crippen LogP contribution in [0.25, 0.3) is 0 Å². The summed E-state index contributed by atoms with van der Waals surface area (Å²) in [6.45, 7) is 2.21. The fourth-order valence-electron chi connectivity index (χ4n) is 3.12. The number of hydrogen-bond donors (Lipinski definition) is 5. The Morgan fingerprint density at radius 2 is 2.03 bits per heavy atom. The molecule has 11 heteroatoms. The predicted octanol–water partition coefficient (Wildman–Crippen LogP) is 2.66. The van der Waals surface area contributed by atoms with Crippen molar-refractivity contribution >= 4 is 46.6 Å². The van der Waals surface area contributed by atoms with E-state index in [4.69, 9.17) is 11.6 Å². The van der Waals surface area contributed by atoms with E-state index in [1.54, 1.807) is 24.3 Å². The van der Waals surface area contributed by atoms with Crippen molar-refractivity contribution in [3.05, 3.63) is 52.9 Å². The van der Waals surface area contributed by atoms with Crippen LogP contribution in [0.2, 0.25) is 5.02 Å². The van der Waals surface area contributed by atoms with Gasteiger partial charge in [0, 0.05) is 41.5 Å². The molecule has 2 amide bonds. The van der Waals surface area contributed by atoms with Gasteiger partial charge in [0.15, 0.2) is 23.1 Å². The molecule has 160 valence electrons. The maximum absolute atomic E-state index is 12.8. The smallest absolute Gasteiger partial charge is 0.273 e. The van der Waals surface area contributed by atoms with Crippen LogP contribution in [0.3, 0.4) is 0 Å². The molecule has 1 fully saturated rings. The van der Waals surface area contributed by atoms with Gasteiger partial charge in [-0.15, -0.1) is 0 Å². The van der Waals surface area contributed by atoms with Crippen molar-refractivity contribution in [3.63, 3.8) is 0 Å². The summed E-state index contributed by atoms with van der Waals surface area (Å²) in [5.74, 6) is 0.869. The number of anilines is 4. The second-order valence-electron chi connectivity index (χ2n) is 7.16. The minimum Gasteiger partial charge on any atom is -0.352 e. The van der Waals surface area contributed by atoms with E-state index >= 15 is 0 Å². The van der Waals surface area contributed by atoms with Crippen LogP contribution in [-0.4, -0.2) is 44.6 Å². The normalized spacial score (nSPS) is 15.4. The lowest BCUT2D eigenvalue weighted by atomic mass is 10.2. The van der Waals surface area contributed by atoms with E-state index in [1.165, 1.54) is 6.20 Å². The van der Waals surface area contributed by atoms with Gasteiger partial charge in [-0.1, -0.05) is 11.6 Å². The number of benzene rings is 1. The van der Waals surface area contributed by atoms with Gasteiger partial charge >= 0.3 is 0 Å². The monoisotopic (exact) mass is 440 g/mol. The molecule has 0 aliphatic carbocycles. The number of aryl methyl sites for hydroxylation is 1. The Bertz CT molecular complexity index is 1100. The highest BCUT2D eigenvalue weighted by Crippen LogP contribution is 2.22. The van der Waals surface area contributed by atoms with Gasteiger partial charge in [0.05, 0.1) is 6.20 Å². The van der Waals surface area contributed by atoms with Crippen LogP contribution < -0.4 is 21.3 Å². The SMILES string of the molecule is Cc1cc(Nc2cnc(C(=O)NC[C@H]3CCC(=O)N3)c(Nc3ccc(Cl)cc3)n2)n[nH]1. The van der Waals surface area contributed by atoms with Gasteiger partial charge in [-0.25, -0.2) is 9.97 Å². The number of nitrogens with one attached hydrogen (secondary N) is 5. The molecule has 4 rings (SSSR count). The first-order valence-electron chi connectivity index (χ1n) is 9.72. The van der Waals surface area contributed by atoms with E-state index in [1.807, 2.05) is 13.0 Å². The molecule has 3 heterocycles. The molecule has 0 bridgehead atoms. The van der Waals surface area contributed by atoms with E-state index in [2.05, 4.69) is 41.4 Å². The molecule has 10 nitrogen and oxygen atoms in total. The fourth-order valence-corrected chi connectivity index (χ4v) is 3.24. The highest BCUT2D eigenvalue weighted by Gasteiger charge is 2.23. The van der Waals surface area contributed by atoms with Crippen molar-refractivity contribution in [3.8, 4) is 0 Å². The quantitative estimate of drug-likeness (QED) is 0.381. The third-order valence-corrected chi connectivity index (χ3v) is 4.90. The molecular weight excluding hydrogens is 420 g/mol. The molecule has 1 aromatic carbocycles. The number of hydrogen-bond acceptors (Lipinski definition) is 7. The summed E-state index contributed by atoms with van der Waals surface area (Å²) in [6.07, 6.45) is 2.62. The van der Waals surface area contributed by atoms with E-state index in [9.17, 15) is 9.59 Å². The van der Waals surface area contributed by atoms with Crippen LogP contribution in [0, 0.1) is 6.92 Å². The first kappa shape index (κ1) is 20.6. The Morgan fingerprint density at radius 3 is 2.71 bits per heavy atom. The van der Waals surface area contributed by atoms with Gasteiger partial charge in [-0.2, -0.15) is 5.10 Å². The number of H-pyrrole nitrogens is 1. The summed E-state index contributed by atoms with van der Waals surface area (Å²) in [4.78, 5) is 33.0. The number of amides is 2. The van der Waals surface area contributed by atoms with Crippen LogP contribution >= 0.6 is 11.6 Å². The summed E-state index contributed by atoms with van der Waals surface area (Å²) in [5, 5.41) is 19.4. The molecule has 1 aliphatic rings. The molecule has 1 atom stereocenters. The molecule has 1 aliphatic heterocycles. The zero-order chi connectivity index (χ0) is 21.8. The number of nitrogens with zero attached hydrogens (tertiary/aromatic N) is 3. The van der Waals surface area contributed by atoms with Crippen LogP contribution in [0.4, 0.5) is 23.1 Å². The second-order valence-corrected chi connectivity index (χ2v) is 7.60. The highest BCUT2D eigenvalue weighted by atomic mass is 35.5. The number of aromatic nitrogens is 4. The average molecular weight is 441 g/mol. The molecule has 0 saturated carbocycles. The van der Waals surface area contributed by atoms with E-state index < -0.39 is 5.91 Å². The van der Waals surface area contributed by atoms with Gasteiger partial charge < -0.3 is 21.3 Å². The molecule has 3 aromatic rings. The summed E-state index contributed by atoms with van der Waals surface area (Å²) in [5.41, 5.74) is 1.72. The van der Waals surface area contributed by atoms with Gasteiger partial charge in [0.2, 0.25) is 5.91 Å². The molecule has 0 spiro atoms. The molecule has 31 heavy (non-hydrogen) atoms. The van der Waals surface area contributed by atoms with Gasteiger partial charge in [0.25, 0.3) is 5.91 Å². The minimum atomic E-state index is -0.396. The standard InChI is InChI=1S/C20H21ClN8O2/c1-11-8-15(29-28-11)26-16-10-22-18(20(31)23-9-14-6-7-17(30)24-14)19(27-16)25-13-4-2-12(21)3-5-13/h2-5,8,10,14H,6-7,9H2,1H3,(H,23,31)(H,24,30)(H3,25,26,27,28,29)/t14-/m1/s1. The average Bonchev–Trinajstić information content (AvgIpc) is 3.35. The summed E-state index contributed by atoms with van der Waals surface area (Å²) in [7, 11) is 0. The topological polar surface area (TPSA) is 137 Å². The maximum atomic E-state index is 12.8. The summed E-state index contributed by atoms with van der Waals surface area (Å²) < 4.78 is 0. The van der Waals surface area contributed by atoms with Gasteiger partial charge in [-0.3, -0.25) is 14.7 Å². The second kappa shape index (κ2) is 9.00. The molecular formula is C20H21ClN8O2. The van der Waals surface area contributed by atoms with Crippen molar-refractivity contribution < 1.29 is 9.59 Å². The number of carbonyl (C=O) groups is 2. The molecule has 0 radical (unpaired) electrons. The van der Waals surface area contributed by atoms with Crippen LogP contribution in [-0.2, 0) is 4.79 Å². The predicted molar refractivity (Wildman–Crippen MR) is 117 cm³/mol. The lowest BCUT2D eigenvalue weighted by molar-refractivity contribution is -0.119. The van der Waals surface area contributed by atoms with Crippen molar-refractivity contribution in [1.29, 1.82) is 0 Å². The Balaban J connectivity index is 1.55. The summed E-state index contributed by atoms with van der Waals surface area (Å²) in [6, 6.07) is 8.75. The lowest BCUT2D eigenvalue weighted by Crippen LogP contribution is -2.38. The van der Waals surface area contributed by atoms with Gasteiger partial charge in [0.1, 0.15) is 0 Å². The zero-order valence-electron chi connectivity index (χ0n) is 16.7. The highest BCUT2D eigenvalue weighted by molar-refractivity contribution is 6.30. The Labute approximate surface area is 183 Å².